The van der Waals surface area contributed by atoms with E-state index in [1.54, 1.807) is 6.26 Å². The molecule has 4 rings (SSSR count). The van der Waals surface area contributed by atoms with Gasteiger partial charge in [-0.2, -0.15) is 26.3 Å². The maximum Gasteiger partial charge on any atom is 0.490 e. The fraction of sp³-hybridized carbons (Fsp3) is 0.565. The Morgan fingerprint density at radius 3 is 2.17 bits per heavy atom. The molecule has 17 heteroatoms. The van der Waals surface area contributed by atoms with Crippen molar-refractivity contribution in [2.45, 2.75) is 37.8 Å². The maximum atomic E-state index is 10.6. The minimum absolute atomic E-state index is 0.108. The van der Waals surface area contributed by atoms with Gasteiger partial charge in [0, 0.05) is 32.5 Å². The maximum absolute atomic E-state index is 10.6. The average Bonchev–Trinajstić information content (AvgIpc) is 3.42. The number of alkyl halides is 6. The number of morpholine rings is 1. The Morgan fingerprint density at radius 1 is 1.00 bits per heavy atom. The molecule has 2 aromatic rings. The largest absolute Gasteiger partial charge is 0.490 e. The standard InChI is InChI=1S/C19H26N4O3.2C2HF3O2/c1-2-16(26-8-1)12-21-18-3-6-20-19(22-18)17-14-25-11-7-23(17)13-15-4-9-24-10-5-15;2*3-2(4,5)1(6)7/h1-3,6,8,15,17H,4-5,7,9-14H2,(H,20,21,22);2*(H,6,7). The van der Waals surface area contributed by atoms with Crippen molar-refractivity contribution in [3.05, 3.63) is 42.2 Å². The zero-order valence-electron chi connectivity index (χ0n) is 21.0. The van der Waals surface area contributed by atoms with E-state index in [1.807, 2.05) is 24.4 Å². The van der Waals surface area contributed by atoms with Crippen LogP contribution in [0, 0.1) is 5.92 Å². The molecule has 2 aliphatic rings. The highest BCUT2D eigenvalue weighted by atomic mass is 19.4. The van der Waals surface area contributed by atoms with Crippen LogP contribution in [0.15, 0.2) is 35.1 Å². The van der Waals surface area contributed by atoms with E-state index in [4.69, 9.17) is 38.7 Å². The van der Waals surface area contributed by atoms with E-state index in [1.165, 1.54) is 0 Å². The second-order valence-corrected chi connectivity index (χ2v) is 8.48. The molecule has 224 valence electrons. The van der Waals surface area contributed by atoms with Crippen LogP contribution >= 0.6 is 0 Å². The number of hydrogen-bond donors (Lipinski definition) is 3. The van der Waals surface area contributed by atoms with E-state index in [-0.39, 0.29) is 6.04 Å². The van der Waals surface area contributed by atoms with Crippen molar-refractivity contribution >= 4 is 17.8 Å². The molecule has 2 aliphatic heterocycles. The van der Waals surface area contributed by atoms with Gasteiger partial charge in [0.25, 0.3) is 0 Å². The van der Waals surface area contributed by atoms with Gasteiger partial charge in [-0.3, -0.25) is 4.90 Å². The molecule has 0 amide bonds. The predicted molar refractivity (Wildman–Crippen MR) is 124 cm³/mol. The Bertz CT molecular complexity index is 1020. The number of aromatic nitrogens is 2. The van der Waals surface area contributed by atoms with E-state index in [0.29, 0.717) is 19.1 Å². The number of carboxylic acid groups (broad SMARTS) is 2. The second-order valence-electron chi connectivity index (χ2n) is 8.48. The molecule has 3 N–H and O–H groups in total. The Kier molecular flexibility index (Phi) is 12.6. The third-order valence-corrected chi connectivity index (χ3v) is 5.55. The van der Waals surface area contributed by atoms with Crippen LogP contribution in [0.3, 0.4) is 0 Å². The lowest BCUT2D eigenvalue weighted by atomic mass is 9.98. The molecule has 0 aromatic carbocycles. The van der Waals surface area contributed by atoms with Gasteiger partial charge in [-0.15, -0.1) is 0 Å². The lowest BCUT2D eigenvalue weighted by molar-refractivity contribution is -0.193. The fourth-order valence-electron chi connectivity index (χ4n) is 3.58. The van der Waals surface area contributed by atoms with E-state index in [9.17, 15) is 26.3 Å². The van der Waals surface area contributed by atoms with Crippen LogP contribution < -0.4 is 5.32 Å². The van der Waals surface area contributed by atoms with Crippen molar-refractivity contribution in [2.24, 2.45) is 5.92 Å². The number of nitrogens with one attached hydrogen (secondary N) is 1. The number of carboxylic acids is 2. The number of hydrogen-bond acceptors (Lipinski definition) is 9. The molecule has 40 heavy (non-hydrogen) atoms. The van der Waals surface area contributed by atoms with Gasteiger partial charge in [-0.25, -0.2) is 19.6 Å². The van der Waals surface area contributed by atoms with Crippen LogP contribution in [0.2, 0.25) is 0 Å². The van der Waals surface area contributed by atoms with Crippen LogP contribution in [0.4, 0.5) is 32.2 Å². The SMILES string of the molecule is O=C(O)C(F)(F)F.O=C(O)C(F)(F)F.c1coc(CNc2ccnc(C3COCCN3CC3CCOCC3)n2)c1. The molecule has 2 aromatic heterocycles. The summed E-state index contributed by atoms with van der Waals surface area (Å²) >= 11 is 0. The van der Waals surface area contributed by atoms with Crippen molar-refractivity contribution in [3.8, 4) is 0 Å². The van der Waals surface area contributed by atoms with Gasteiger partial charge in [0.05, 0.1) is 32.1 Å². The molecule has 0 radical (unpaired) electrons. The Morgan fingerprint density at radius 2 is 1.62 bits per heavy atom. The number of rotatable bonds is 6. The van der Waals surface area contributed by atoms with Gasteiger partial charge >= 0.3 is 24.3 Å². The zero-order chi connectivity index (χ0) is 29.8. The van der Waals surface area contributed by atoms with Crippen LogP contribution in [0.25, 0.3) is 0 Å². The van der Waals surface area contributed by atoms with Crippen molar-refractivity contribution in [3.63, 3.8) is 0 Å². The molecular weight excluding hydrogens is 558 g/mol. The first-order valence-electron chi connectivity index (χ1n) is 11.9. The van der Waals surface area contributed by atoms with Crippen LogP contribution in [0.5, 0.6) is 0 Å². The summed E-state index contributed by atoms with van der Waals surface area (Å²) in [5, 5.41) is 17.6. The summed E-state index contributed by atoms with van der Waals surface area (Å²) in [6.07, 6.45) is -4.41. The Balaban J connectivity index is 0.000000333. The normalized spacial score (nSPS) is 18.5. The summed E-state index contributed by atoms with van der Waals surface area (Å²) in [6, 6.07) is 5.83. The van der Waals surface area contributed by atoms with Crippen LogP contribution in [-0.4, -0.2) is 88.9 Å². The van der Waals surface area contributed by atoms with Crippen molar-refractivity contribution in [1.29, 1.82) is 0 Å². The molecule has 4 heterocycles. The molecule has 1 atom stereocenters. The Labute approximate surface area is 224 Å². The number of halogens is 6. The smallest absolute Gasteiger partial charge is 0.475 e. The molecule has 2 saturated heterocycles. The Hall–Kier alpha value is -3.44. The third kappa shape index (κ3) is 11.7. The van der Waals surface area contributed by atoms with Gasteiger partial charge in [0.2, 0.25) is 0 Å². The molecule has 11 nitrogen and oxygen atoms in total. The van der Waals surface area contributed by atoms with Crippen LogP contribution in [-0.2, 0) is 25.6 Å². The number of aliphatic carboxylic acids is 2. The highest BCUT2D eigenvalue weighted by molar-refractivity contribution is 5.73. The zero-order valence-corrected chi connectivity index (χ0v) is 21.0. The topological polar surface area (TPSA) is 147 Å². The van der Waals surface area contributed by atoms with Gasteiger partial charge in [0.15, 0.2) is 0 Å². The number of carbonyl (C=O) groups is 2. The van der Waals surface area contributed by atoms with E-state index < -0.39 is 24.3 Å². The first kappa shape index (κ1) is 32.8. The van der Waals surface area contributed by atoms with Gasteiger partial charge in [-0.1, -0.05) is 0 Å². The second kappa shape index (κ2) is 15.4. The minimum atomic E-state index is -5.08. The average molecular weight is 586 g/mol. The molecular formula is C23H28F6N4O7. The minimum Gasteiger partial charge on any atom is -0.475 e. The van der Waals surface area contributed by atoms with Crippen molar-refractivity contribution < 1.29 is 60.0 Å². The third-order valence-electron chi connectivity index (χ3n) is 5.55. The van der Waals surface area contributed by atoms with E-state index in [0.717, 1.165) is 63.2 Å². The van der Waals surface area contributed by atoms with Gasteiger partial charge < -0.3 is 29.4 Å². The summed E-state index contributed by atoms with van der Waals surface area (Å²) in [6.45, 7) is 5.77. The monoisotopic (exact) mass is 586 g/mol. The van der Waals surface area contributed by atoms with E-state index >= 15 is 0 Å². The highest BCUT2D eigenvalue weighted by Gasteiger charge is 2.39. The highest BCUT2D eigenvalue weighted by Crippen LogP contribution is 2.26. The van der Waals surface area contributed by atoms with Gasteiger partial charge in [-0.05, 0) is 37.0 Å². The van der Waals surface area contributed by atoms with Crippen molar-refractivity contribution in [2.75, 3.05) is 44.8 Å². The van der Waals surface area contributed by atoms with Crippen molar-refractivity contribution in [1.82, 2.24) is 14.9 Å². The summed E-state index contributed by atoms with van der Waals surface area (Å²) in [5.74, 6) is -2.32. The molecule has 0 aliphatic carbocycles. The fourth-order valence-corrected chi connectivity index (χ4v) is 3.58. The summed E-state index contributed by atoms with van der Waals surface area (Å²) in [4.78, 5) is 29.5. The van der Waals surface area contributed by atoms with E-state index in [2.05, 4.69) is 15.2 Å². The molecule has 2 fully saturated rings. The number of anilines is 1. The molecule has 0 saturated carbocycles. The number of nitrogens with zero attached hydrogens (tertiary/aromatic N) is 3. The van der Waals surface area contributed by atoms with Gasteiger partial charge in [0.1, 0.15) is 17.4 Å². The molecule has 0 spiro atoms. The number of furan rings is 1. The summed E-state index contributed by atoms with van der Waals surface area (Å²) in [7, 11) is 0. The first-order chi connectivity index (χ1) is 18.8. The number of ether oxygens (including phenoxy) is 2. The molecule has 0 bridgehead atoms. The predicted octanol–water partition coefficient (Wildman–Crippen LogP) is 3.75. The molecule has 1 unspecified atom stereocenters. The van der Waals surface area contributed by atoms with Crippen LogP contribution in [0.1, 0.15) is 30.5 Å². The first-order valence-corrected chi connectivity index (χ1v) is 11.9. The lowest BCUT2D eigenvalue weighted by Gasteiger charge is -2.37. The quantitative estimate of drug-likeness (QED) is 0.425. The summed E-state index contributed by atoms with van der Waals surface area (Å²) < 4.78 is 80.1. The summed E-state index contributed by atoms with van der Waals surface area (Å²) in [5.41, 5.74) is 0. The lowest BCUT2D eigenvalue weighted by Crippen LogP contribution is -2.43.